The van der Waals surface area contributed by atoms with Gasteiger partial charge in [-0.25, -0.2) is 9.97 Å². The van der Waals surface area contributed by atoms with Gasteiger partial charge in [-0.3, -0.25) is 10.1 Å². The molecule has 0 atom stereocenters. The Morgan fingerprint density at radius 1 is 1.40 bits per heavy atom. The van der Waals surface area contributed by atoms with E-state index in [1.807, 2.05) is 12.1 Å². The average molecular weight is 359 g/mol. The number of ether oxygens (including phenoxy) is 2. The number of amides is 1. The first-order chi connectivity index (χ1) is 12.3. The molecule has 0 spiro atoms. The van der Waals surface area contributed by atoms with E-state index in [0.717, 1.165) is 29.0 Å². The molecule has 3 heterocycles. The van der Waals surface area contributed by atoms with E-state index in [1.165, 1.54) is 23.9 Å². The fourth-order valence-corrected chi connectivity index (χ4v) is 3.80. The smallest absolute Gasteiger partial charge is 0.275 e. The number of H-pyrrole nitrogens is 1. The first-order valence-electron chi connectivity index (χ1n) is 7.86. The number of morpholine rings is 1. The summed E-state index contributed by atoms with van der Waals surface area (Å²) in [6, 6.07) is 3.94. The Morgan fingerprint density at radius 2 is 2.24 bits per heavy atom. The summed E-state index contributed by atoms with van der Waals surface area (Å²) in [7, 11) is 1.62. The molecule has 1 aliphatic heterocycles. The van der Waals surface area contributed by atoms with Crippen molar-refractivity contribution < 1.29 is 14.3 Å². The molecule has 1 aromatic carbocycles. The van der Waals surface area contributed by atoms with Crippen LogP contribution in [0.4, 0.5) is 10.8 Å². The van der Waals surface area contributed by atoms with Gasteiger partial charge in [-0.05, 0) is 12.1 Å². The Hall–Kier alpha value is -2.65. The molecule has 0 radical (unpaired) electrons. The van der Waals surface area contributed by atoms with E-state index in [0.29, 0.717) is 29.8 Å². The van der Waals surface area contributed by atoms with Crippen LogP contribution in [0, 0.1) is 0 Å². The zero-order chi connectivity index (χ0) is 17.2. The van der Waals surface area contributed by atoms with Crippen molar-refractivity contribution in [3.05, 3.63) is 30.4 Å². The van der Waals surface area contributed by atoms with Crippen molar-refractivity contribution >= 4 is 38.3 Å². The lowest BCUT2D eigenvalue weighted by atomic mass is 10.2. The van der Waals surface area contributed by atoms with Crippen LogP contribution >= 0.6 is 11.3 Å². The number of imidazole rings is 1. The van der Waals surface area contributed by atoms with Gasteiger partial charge >= 0.3 is 0 Å². The third-order valence-corrected chi connectivity index (χ3v) is 5.01. The minimum absolute atomic E-state index is 0.275. The van der Waals surface area contributed by atoms with E-state index in [9.17, 15) is 4.79 Å². The monoisotopic (exact) mass is 359 g/mol. The predicted octanol–water partition coefficient (Wildman–Crippen LogP) is 2.12. The zero-order valence-electron chi connectivity index (χ0n) is 13.6. The fourth-order valence-electron chi connectivity index (χ4n) is 2.79. The van der Waals surface area contributed by atoms with E-state index in [4.69, 9.17) is 9.47 Å². The second-order valence-corrected chi connectivity index (χ2v) is 6.50. The van der Waals surface area contributed by atoms with Crippen LogP contribution in [-0.2, 0) is 4.74 Å². The van der Waals surface area contributed by atoms with E-state index in [1.54, 1.807) is 7.11 Å². The molecule has 8 nitrogen and oxygen atoms in total. The number of aromatic amines is 1. The summed E-state index contributed by atoms with van der Waals surface area (Å²) < 4.78 is 11.9. The van der Waals surface area contributed by atoms with Gasteiger partial charge in [0.2, 0.25) is 0 Å². The van der Waals surface area contributed by atoms with E-state index in [2.05, 4.69) is 25.2 Å². The average Bonchev–Trinajstić information content (AvgIpc) is 3.31. The number of hydrogen-bond acceptors (Lipinski definition) is 7. The minimum atomic E-state index is -0.275. The third-order valence-electron chi connectivity index (χ3n) is 4.02. The molecule has 4 rings (SSSR count). The summed E-state index contributed by atoms with van der Waals surface area (Å²) in [5, 5.41) is 3.34. The van der Waals surface area contributed by atoms with Crippen molar-refractivity contribution in [3.8, 4) is 5.75 Å². The number of thiazole rings is 1. The summed E-state index contributed by atoms with van der Waals surface area (Å²) in [5.41, 5.74) is 2.22. The van der Waals surface area contributed by atoms with Gasteiger partial charge < -0.3 is 19.4 Å². The largest absolute Gasteiger partial charge is 0.494 e. The highest BCUT2D eigenvalue weighted by Gasteiger charge is 2.20. The van der Waals surface area contributed by atoms with Gasteiger partial charge in [0.05, 0.1) is 43.2 Å². The van der Waals surface area contributed by atoms with Crippen LogP contribution in [0.5, 0.6) is 5.75 Å². The molecule has 130 valence electrons. The molecule has 3 aromatic rings. The second kappa shape index (κ2) is 6.69. The van der Waals surface area contributed by atoms with E-state index < -0.39 is 0 Å². The van der Waals surface area contributed by atoms with Crippen LogP contribution < -0.4 is 15.0 Å². The van der Waals surface area contributed by atoms with Crippen LogP contribution in [0.3, 0.4) is 0 Å². The molecular formula is C16H17N5O3S. The number of nitrogens with one attached hydrogen (secondary N) is 2. The van der Waals surface area contributed by atoms with Crippen molar-refractivity contribution in [1.29, 1.82) is 0 Å². The Kier molecular flexibility index (Phi) is 4.24. The molecule has 1 aliphatic rings. The molecule has 2 N–H and O–H groups in total. The lowest BCUT2D eigenvalue weighted by Gasteiger charge is -2.29. The summed E-state index contributed by atoms with van der Waals surface area (Å²) in [6.07, 6.45) is 2.94. The van der Waals surface area contributed by atoms with Crippen LogP contribution in [0.2, 0.25) is 0 Å². The molecule has 1 saturated heterocycles. The number of aromatic nitrogens is 3. The number of fused-ring (bicyclic) bond motifs is 1. The molecular weight excluding hydrogens is 342 g/mol. The number of carbonyl (C=O) groups is 1. The molecule has 25 heavy (non-hydrogen) atoms. The zero-order valence-corrected chi connectivity index (χ0v) is 14.4. The van der Waals surface area contributed by atoms with Gasteiger partial charge in [0.15, 0.2) is 5.13 Å². The fraction of sp³-hybridized carbons (Fsp3) is 0.312. The van der Waals surface area contributed by atoms with E-state index >= 15 is 0 Å². The van der Waals surface area contributed by atoms with Gasteiger partial charge in [-0.1, -0.05) is 11.3 Å². The molecule has 1 amide bonds. The van der Waals surface area contributed by atoms with E-state index in [-0.39, 0.29) is 5.91 Å². The summed E-state index contributed by atoms with van der Waals surface area (Å²) >= 11 is 1.43. The Labute approximate surface area is 147 Å². The molecule has 1 fully saturated rings. The lowest BCUT2D eigenvalue weighted by Crippen LogP contribution is -2.36. The maximum atomic E-state index is 12.2. The highest BCUT2D eigenvalue weighted by Crippen LogP contribution is 2.39. The number of nitrogens with zero attached hydrogens (tertiary/aromatic N) is 3. The number of anilines is 2. The number of rotatable bonds is 4. The van der Waals surface area contributed by atoms with Gasteiger partial charge in [0, 0.05) is 13.1 Å². The number of benzene rings is 1. The summed E-state index contributed by atoms with van der Waals surface area (Å²) in [4.78, 5) is 25.7. The topological polar surface area (TPSA) is 92.4 Å². The Balaban J connectivity index is 1.70. The number of methoxy groups -OCH3 is 1. The van der Waals surface area contributed by atoms with Crippen molar-refractivity contribution in [3.63, 3.8) is 0 Å². The Morgan fingerprint density at radius 3 is 2.96 bits per heavy atom. The second-order valence-electron chi connectivity index (χ2n) is 5.50. The predicted molar refractivity (Wildman–Crippen MR) is 95.7 cm³/mol. The summed E-state index contributed by atoms with van der Waals surface area (Å²) in [6.45, 7) is 3.07. The molecule has 0 bridgehead atoms. The maximum Gasteiger partial charge on any atom is 0.275 e. The standard InChI is InChI=1S/C16H17N5O3S/c1-23-12-3-2-11(21-4-6-24-7-5-21)14-13(12)19-16(25-14)20-15(22)10-8-17-9-18-10/h2-3,8-9H,4-7H2,1H3,(H,17,18)(H,19,20,22). The lowest BCUT2D eigenvalue weighted by molar-refractivity contribution is 0.102. The first kappa shape index (κ1) is 15.9. The van der Waals surface area contributed by atoms with Crippen LogP contribution in [0.15, 0.2) is 24.7 Å². The number of carbonyl (C=O) groups excluding carboxylic acids is 1. The summed E-state index contributed by atoms with van der Waals surface area (Å²) in [5.74, 6) is 0.411. The molecule has 9 heteroatoms. The van der Waals surface area contributed by atoms with Crippen molar-refractivity contribution in [1.82, 2.24) is 15.0 Å². The third kappa shape index (κ3) is 3.03. The van der Waals surface area contributed by atoms with Crippen molar-refractivity contribution in [2.45, 2.75) is 0 Å². The normalized spacial score (nSPS) is 14.7. The van der Waals surface area contributed by atoms with Gasteiger partial charge in [-0.15, -0.1) is 0 Å². The van der Waals surface area contributed by atoms with Crippen molar-refractivity contribution in [2.75, 3.05) is 43.6 Å². The van der Waals surface area contributed by atoms with Crippen molar-refractivity contribution in [2.24, 2.45) is 0 Å². The molecule has 0 aliphatic carbocycles. The highest BCUT2D eigenvalue weighted by molar-refractivity contribution is 7.23. The van der Waals surface area contributed by atoms with Crippen LogP contribution in [0.25, 0.3) is 10.2 Å². The molecule has 2 aromatic heterocycles. The Bertz CT molecular complexity index is 887. The molecule has 0 saturated carbocycles. The maximum absolute atomic E-state index is 12.2. The van der Waals surface area contributed by atoms with Gasteiger partial charge in [-0.2, -0.15) is 0 Å². The quantitative estimate of drug-likeness (QED) is 0.741. The first-order valence-corrected chi connectivity index (χ1v) is 8.68. The van der Waals surface area contributed by atoms with Crippen LogP contribution in [0.1, 0.15) is 10.5 Å². The van der Waals surface area contributed by atoms with Gasteiger partial charge in [0.25, 0.3) is 5.91 Å². The minimum Gasteiger partial charge on any atom is -0.494 e. The SMILES string of the molecule is COc1ccc(N2CCOCC2)c2sc(NC(=O)c3cnc[nH]3)nc12. The highest BCUT2D eigenvalue weighted by atomic mass is 32.1. The molecule has 0 unspecified atom stereocenters. The number of hydrogen-bond donors (Lipinski definition) is 2. The van der Waals surface area contributed by atoms with Crippen LogP contribution in [-0.4, -0.2) is 54.3 Å². The van der Waals surface area contributed by atoms with Gasteiger partial charge in [0.1, 0.15) is 17.0 Å².